The fourth-order valence-electron chi connectivity index (χ4n) is 2.12. The first-order valence-electron chi connectivity index (χ1n) is 6.37. The molecule has 3 heteroatoms. The van der Waals surface area contributed by atoms with Crippen molar-refractivity contribution in [1.82, 2.24) is 0 Å². The number of hydrogen-bond donors (Lipinski definition) is 0. The fraction of sp³-hybridized carbons (Fsp3) is 0.533. The first kappa shape index (κ1) is 12.9. The van der Waals surface area contributed by atoms with E-state index in [1.807, 2.05) is 20.0 Å². The normalized spacial score (nSPS) is 20.2. The van der Waals surface area contributed by atoms with Crippen molar-refractivity contribution in [3.63, 3.8) is 0 Å². The average molecular weight is 247 g/mol. The van der Waals surface area contributed by atoms with E-state index >= 15 is 0 Å². The van der Waals surface area contributed by atoms with E-state index in [0.29, 0.717) is 6.42 Å². The molecule has 2 rings (SSSR count). The molecule has 1 aromatic rings. The van der Waals surface area contributed by atoms with Crippen molar-refractivity contribution in [2.45, 2.75) is 45.6 Å². The lowest BCUT2D eigenvalue weighted by molar-refractivity contribution is -0.119. The predicted molar refractivity (Wildman–Crippen MR) is 73.3 cm³/mol. The highest BCUT2D eigenvalue weighted by atomic mass is 16.5. The Bertz CT molecular complexity index is 474. The largest absolute Gasteiger partial charge is 0.488 e. The minimum absolute atomic E-state index is 0.0663. The molecule has 1 aliphatic heterocycles. The van der Waals surface area contributed by atoms with Crippen molar-refractivity contribution >= 4 is 11.6 Å². The maximum atomic E-state index is 12.0. The van der Waals surface area contributed by atoms with Gasteiger partial charge in [0.2, 0.25) is 5.91 Å². The fourth-order valence-corrected chi connectivity index (χ4v) is 2.12. The molecule has 0 spiro atoms. The molecule has 1 aliphatic rings. The highest BCUT2D eigenvalue weighted by molar-refractivity contribution is 5.95. The summed E-state index contributed by atoms with van der Waals surface area (Å²) in [6.07, 6.45) is 0.359. The molecule has 0 radical (unpaired) electrons. The highest BCUT2D eigenvalue weighted by Gasteiger charge is 2.25. The van der Waals surface area contributed by atoms with Crippen LogP contribution in [0.2, 0.25) is 0 Å². The van der Waals surface area contributed by atoms with Crippen molar-refractivity contribution in [3.05, 3.63) is 23.8 Å². The van der Waals surface area contributed by atoms with E-state index in [0.717, 1.165) is 11.4 Å². The lowest BCUT2D eigenvalue weighted by Gasteiger charge is -2.23. The third-order valence-corrected chi connectivity index (χ3v) is 3.35. The summed E-state index contributed by atoms with van der Waals surface area (Å²) in [4.78, 5) is 13.7. The molecule has 0 N–H and O–H groups in total. The van der Waals surface area contributed by atoms with Crippen LogP contribution in [0.4, 0.5) is 5.69 Å². The summed E-state index contributed by atoms with van der Waals surface area (Å²) in [5.74, 6) is 0.899. The molecule has 0 aromatic heterocycles. The van der Waals surface area contributed by atoms with Gasteiger partial charge in [-0.25, -0.2) is 0 Å². The van der Waals surface area contributed by atoms with Crippen LogP contribution in [-0.2, 0) is 10.2 Å². The van der Waals surface area contributed by atoms with E-state index in [4.69, 9.17) is 4.74 Å². The molecule has 1 amide bonds. The zero-order valence-corrected chi connectivity index (χ0v) is 11.8. The Kier molecular flexibility index (Phi) is 3.09. The molecule has 0 aliphatic carbocycles. The zero-order chi connectivity index (χ0) is 13.5. The Morgan fingerprint density at radius 3 is 2.61 bits per heavy atom. The average Bonchev–Trinajstić information content (AvgIpc) is 2.35. The smallest absolute Gasteiger partial charge is 0.230 e. The summed E-state index contributed by atoms with van der Waals surface area (Å²) in [7, 11) is 1.81. The molecule has 0 bridgehead atoms. The number of amides is 1. The maximum absolute atomic E-state index is 12.0. The van der Waals surface area contributed by atoms with Crippen molar-refractivity contribution < 1.29 is 9.53 Å². The molecule has 0 saturated heterocycles. The molecule has 1 unspecified atom stereocenters. The lowest BCUT2D eigenvalue weighted by Crippen LogP contribution is -2.27. The summed E-state index contributed by atoms with van der Waals surface area (Å²) in [6, 6.07) is 6.11. The molecule has 1 heterocycles. The molecule has 0 fully saturated rings. The molecule has 1 atom stereocenters. The molecule has 18 heavy (non-hydrogen) atoms. The van der Waals surface area contributed by atoms with Gasteiger partial charge < -0.3 is 9.64 Å². The Labute approximate surface area is 109 Å². The Balaban J connectivity index is 2.51. The van der Waals surface area contributed by atoms with Gasteiger partial charge >= 0.3 is 0 Å². The molecule has 3 nitrogen and oxygen atoms in total. The molecule has 0 saturated carbocycles. The van der Waals surface area contributed by atoms with Crippen molar-refractivity contribution in [3.8, 4) is 5.75 Å². The van der Waals surface area contributed by atoms with Gasteiger partial charge in [0.05, 0.1) is 12.1 Å². The predicted octanol–water partition coefficient (Wildman–Crippen LogP) is 3.12. The van der Waals surface area contributed by atoms with Crippen molar-refractivity contribution in [1.29, 1.82) is 0 Å². The van der Waals surface area contributed by atoms with Crippen LogP contribution in [0.15, 0.2) is 18.2 Å². The summed E-state index contributed by atoms with van der Waals surface area (Å²) >= 11 is 0. The standard InChI is InChI=1S/C15H21NO2/c1-10-8-14(17)16(5)12-9-11(15(2,3)4)6-7-13(12)18-10/h6-7,9-10H,8H2,1-5H3. The van der Waals surface area contributed by atoms with E-state index in [1.165, 1.54) is 5.56 Å². The second kappa shape index (κ2) is 4.30. The maximum Gasteiger partial charge on any atom is 0.230 e. The minimum atomic E-state index is -0.0679. The van der Waals surface area contributed by atoms with Crippen LogP contribution in [0, 0.1) is 0 Å². The quantitative estimate of drug-likeness (QED) is 0.705. The number of fused-ring (bicyclic) bond motifs is 1. The third-order valence-electron chi connectivity index (χ3n) is 3.35. The third kappa shape index (κ3) is 2.35. The zero-order valence-electron chi connectivity index (χ0n) is 11.8. The van der Waals surface area contributed by atoms with Crippen LogP contribution in [-0.4, -0.2) is 19.1 Å². The van der Waals surface area contributed by atoms with Gasteiger partial charge in [-0.15, -0.1) is 0 Å². The first-order valence-corrected chi connectivity index (χ1v) is 6.37. The molecule has 1 aromatic carbocycles. The number of carbonyl (C=O) groups is 1. The van der Waals surface area contributed by atoms with E-state index in [2.05, 4.69) is 32.9 Å². The summed E-state index contributed by atoms with van der Waals surface area (Å²) in [5.41, 5.74) is 2.15. The van der Waals surface area contributed by atoms with E-state index < -0.39 is 0 Å². The lowest BCUT2D eigenvalue weighted by atomic mass is 9.86. The number of ether oxygens (including phenoxy) is 1. The van der Waals surface area contributed by atoms with Gasteiger partial charge in [0.15, 0.2) is 0 Å². The van der Waals surface area contributed by atoms with Gasteiger partial charge in [0, 0.05) is 7.05 Å². The van der Waals surface area contributed by atoms with E-state index in [1.54, 1.807) is 4.90 Å². The number of anilines is 1. The van der Waals surface area contributed by atoms with E-state index in [9.17, 15) is 4.79 Å². The van der Waals surface area contributed by atoms with Crippen LogP contribution in [0.1, 0.15) is 39.7 Å². The van der Waals surface area contributed by atoms with E-state index in [-0.39, 0.29) is 17.4 Å². The van der Waals surface area contributed by atoms with Gasteiger partial charge in [-0.3, -0.25) is 4.79 Å². The van der Waals surface area contributed by atoms with Crippen molar-refractivity contribution in [2.24, 2.45) is 0 Å². The van der Waals surface area contributed by atoms with Gasteiger partial charge in [0.1, 0.15) is 11.9 Å². The van der Waals surface area contributed by atoms with Gasteiger partial charge in [-0.2, -0.15) is 0 Å². The van der Waals surface area contributed by atoms with Crippen LogP contribution < -0.4 is 9.64 Å². The topological polar surface area (TPSA) is 29.5 Å². The second-order valence-corrected chi connectivity index (χ2v) is 6.02. The number of rotatable bonds is 0. The Hall–Kier alpha value is -1.51. The number of hydrogen-bond acceptors (Lipinski definition) is 2. The summed E-state index contributed by atoms with van der Waals surface area (Å²) in [6.45, 7) is 8.42. The minimum Gasteiger partial charge on any atom is -0.488 e. The van der Waals surface area contributed by atoms with Gasteiger partial charge in [-0.1, -0.05) is 26.8 Å². The van der Waals surface area contributed by atoms with Crippen LogP contribution >= 0.6 is 0 Å². The monoisotopic (exact) mass is 247 g/mol. The Morgan fingerprint density at radius 2 is 2.00 bits per heavy atom. The number of nitrogens with zero attached hydrogens (tertiary/aromatic N) is 1. The van der Waals surface area contributed by atoms with Gasteiger partial charge in [-0.05, 0) is 30.0 Å². The molecular formula is C15H21NO2. The summed E-state index contributed by atoms with van der Waals surface area (Å²) < 4.78 is 5.80. The van der Waals surface area contributed by atoms with Crippen LogP contribution in [0.3, 0.4) is 0 Å². The van der Waals surface area contributed by atoms with Crippen LogP contribution in [0.5, 0.6) is 5.75 Å². The summed E-state index contributed by atoms with van der Waals surface area (Å²) in [5, 5.41) is 0. The first-order chi connectivity index (χ1) is 8.29. The molecule has 98 valence electrons. The van der Waals surface area contributed by atoms with Crippen molar-refractivity contribution in [2.75, 3.05) is 11.9 Å². The van der Waals surface area contributed by atoms with Crippen LogP contribution in [0.25, 0.3) is 0 Å². The SMILES string of the molecule is CC1CC(=O)N(C)c2cc(C(C)(C)C)ccc2O1. The molecular weight excluding hydrogens is 226 g/mol. The number of carbonyl (C=O) groups excluding carboxylic acids is 1. The highest BCUT2D eigenvalue weighted by Crippen LogP contribution is 2.36. The number of benzene rings is 1. The van der Waals surface area contributed by atoms with Gasteiger partial charge in [0.25, 0.3) is 0 Å². The second-order valence-electron chi connectivity index (χ2n) is 6.02. The Morgan fingerprint density at radius 1 is 1.33 bits per heavy atom.